The molecule has 0 aliphatic heterocycles. The normalized spacial score (nSPS) is 10.4. The molecule has 0 saturated carbocycles. The fraction of sp³-hybridized carbons (Fsp3) is 0.0588. The summed E-state index contributed by atoms with van der Waals surface area (Å²) in [5, 5.41) is 6.03. The number of anilines is 3. The van der Waals surface area contributed by atoms with Crippen LogP contribution < -0.4 is 11.1 Å². The third-order valence-electron chi connectivity index (χ3n) is 3.23. The van der Waals surface area contributed by atoms with E-state index < -0.39 is 0 Å². The maximum Gasteiger partial charge on any atom is 0.187 e. The number of nitrogens with two attached hydrogens (primary N) is 1. The number of benzene rings is 2. The molecule has 5 heteroatoms. The van der Waals surface area contributed by atoms with Gasteiger partial charge in [0, 0.05) is 27.9 Å². The zero-order chi connectivity index (χ0) is 15.5. The van der Waals surface area contributed by atoms with Crippen molar-refractivity contribution in [3.63, 3.8) is 0 Å². The third kappa shape index (κ3) is 3.15. The molecule has 0 atom stereocenters. The topological polar surface area (TPSA) is 68.0 Å². The fourth-order valence-electron chi connectivity index (χ4n) is 2.07. The highest BCUT2D eigenvalue weighted by molar-refractivity contribution is 7.14. The lowest BCUT2D eigenvalue weighted by atomic mass is 10.1. The molecule has 0 radical (unpaired) electrons. The Kier molecular flexibility index (Phi) is 3.89. The van der Waals surface area contributed by atoms with Gasteiger partial charge in [-0.2, -0.15) is 0 Å². The molecule has 4 nitrogen and oxygen atoms in total. The number of hydrogen-bond donors (Lipinski definition) is 2. The molecule has 0 fully saturated rings. The van der Waals surface area contributed by atoms with Crippen LogP contribution in [0.3, 0.4) is 0 Å². The van der Waals surface area contributed by atoms with Gasteiger partial charge in [0.05, 0.1) is 5.69 Å². The maximum atomic E-state index is 11.3. The maximum absolute atomic E-state index is 11.3. The van der Waals surface area contributed by atoms with Crippen molar-refractivity contribution in [2.24, 2.45) is 0 Å². The molecular formula is C17H15N3OS. The first kappa shape index (κ1) is 14.3. The standard InChI is InChI=1S/C17H15N3OS/c1-11(21)12-5-7-15(8-6-12)19-17-20-16(10-22-17)13-3-2-4-14(18)9-13/h2-10H,18H2,1H3,(H,19,20). The summed E-state index contributed by atoms with van der Waals surface area (Å²) < 4.78 is 0. The number of nitrogens with zero attached hydrogens (tertiary/aromatic N) is 1. The van der Waals surface area contributed by atoms with E-state index >= 15 is 0 Å². The van der Waals surface area contributed by atoms with Gasteiger partial charge in [-0.3, -0.25) is 4.79 Å². The summed E-state index contributed by atoms with van der Waals surface area (Å²) in [6.45, 7) is 1.56. The summed E-state index contributed by atoms with van der Waals surface area (Å²) in [7, 11) is 0. The van der Waals surface area contributed by atoms with Gasteiger partial charge in [0.1, 0.15) is 0 Å². The predicted molar refractivity (Wildman–Crippen MR) is 91.7 cm³/mol. The molecule has 3 N–H and O–H groups in total. The van der Waals surface area contributed by atoms with Gasteiger partial charge in [-0.05, 0) is 43.3 Å². The second-order valence-electron chi connectivity index (χ2n) is 4.92. The van der Waals surface area contributed by atoms with E-state index in [-0.39, 0.29) is 5.78 Å². The molecule has 0 saturated heterocycles. The van der Waals surface area contributed by atoms with Crippen LogP contribution in [0.25, 0.3) is 11.3 Å². The van der Waals surface area contributed by atoms with Gasteiger partial charge in [-0.1, -0.05) is 12.1 Å². The van der Waals surface area contributed by atoms with Crippen LogP contribution in [0, 0.1) is 0 Å². The Morgan fingerprint density at radius 3 is 2.64 bits per heavy atom. The molecule has 22 heavy (non-hydrogen) atoms. The zero-order valence-corrected chi connectivity index (χ0v) is 12.9. The third-order valence-corrected chi connectivity index (χ3v) is 3.99. The van der Waals surface area contributed by atoms with E-state index in [1.165, 1.54) is 11.3 Å². The van der Waals surface area contributed by atoms with E-state index in [0.29, 0.717) is 5.56 Å². The van der Waals surface area contributed by atoms with Gasteiger partial charge in [0.25, 0.3) is 0 Å². The summed E-state index contributed by atoms with van der Waals surface area (Å²) in [5.74, 6) is 0.0600. The average Bonchev–Trinajstić information content (AvgIpc) is 2.96. The van der Waals surface area contributed by atoms with Crippen molar-refractivity contribution in [3.8, 4) is 11.3 Å². The van der Waals surface area contributed by atoms with Crippen LogP contribution in [0.4, 0.5) is 16.5 Å². The molecule has 0 aliphatic carbocycles. The molecule has 0 aliphatic rings. The van der Waals surface area contributed by atoms with Crippen LogP contribution in [0.1, 0.15) is 17.3 Å². The van der Waals surface area contributed by atoms with Gasteiger partial charge in [-0.15, -0.1) is 11.3 Å². The van der Waals surface area contributed by atoms with Crippen LogP contribution in [-0.4, -0.2) is 10.8 Å². The lowest BCUT2D eigenvalue weighted by Gasteiger charge is -2.03. The molecule has 110 valence electrons. The first-order valence-electron chi connectivity index (χ1n) is 6.81. The summed E-state index contributed by atoms with van der Waals surface area (Å²) in [4.78, 5) is 15.8. The number of carbonyl (C=O) groups is 1. The largest absolute Gasteiger partial charge is 0.399 e. The Bertz CT molecular complexity index is 809. The minimum Gasteiger partial charge on any atom is -0.399 e. The van der Waals surface area contributed by atoms with E-state index in [4.69, 9.17) is 5.73 Å². The highest BCUT2D eigenvalue weighted by atomic mass is 32.1. The van der Waals surface area contributed by atoms with Gasteiger partial charge < -0.3 is 11.1 Å². The Morgan fingerprint density at radius 2 is 1.95 bits per heavy atom. The second-order valence-corrected chi connectivity index (χ2v) is 5.78. The Labute approximate surface area is 132 Å². The van der Waals surface area contributed by atoms with E-state index in [0.717, 1.165) is 27.8 Å². The molecule has 0 bridgehead atoms. The van der Waals surface area contributed by atoms with Gasteiger partial charge >= 0.3 is 0 Å². The molecule has 0 unspecified atom stereocenters. The SMILES string of the molecule is CC(=O)c1ccc(Nc2nc(-c3cccc(N)c3)cs2)cc1. The average molecular weight is 309 g/mol. The monoisotopic (exact) mass is 309 g/mol. The Morgan fingerprint density at radius 1 is 1.18 bits per heavy atom. The molecule has 1 aromatic heterocycles. The molecule has 1 heterocycles. The van der Waals surface area contributed by atoms with E-state index in [1.807, 2.05) is 41.8 Å². The van der Waals surface area contributed by atoms with Crippen molar-refractivity contribution in [3.05, 3.63) is 59.5 Å². The van der Waals surface area contributed by atoms with Crippen LogP contribution in [-0.2, 0) is 0 Å². The quantitative estimate of drug-likeness (QED) is 0.556. The number of hydrogen-bond acceptors (Lipinski definition) is 5. The van der Waals surface area contributed by atoms with Crippen LogP contribution >= 0.6 is 11.3 Å². The first-order chi connectivity index (χ1) is 10.6. The fourth-order valence-corrected chi connectivity index (χ4v) is 2.81. The van der Waals surface area contributed by atoms with E-state index in [9.17, 15) is 4.79 Å². The van der Waals surface area contributed by atoms with Crippen molar-refractivity contribution in [1.29, 1.82) is 0 Å². The highest BCUT2D eigenvalue weighted by Crippen LogP contribution is 2.28. The minimum atomic E-state index is 0.0600. The van der Waals surface area contributed by atoms with Crippen LogP contribution in [0.5, 0.6) is 0 Å². The van der Waals surface area contributed by atoms with Crippen molar-refractivity contribution in [1.82, 2.24) is 4.98 Å². The molecule has 0 spiro atoms. The second kappa shape index (κ2) is 5.99. The van der Waals surface area contributed by atoms with Gasteiger partial charge in [-0.25, -0.2) is 4.98 Å². The highest BCUT2D eigenvalue weighted by Gasteiger charge is 2.06. The minimum absolute atomic E-state index is 0.0600. The van der Waals surface area contributed by atoms with Crippen molar-refractivity contribution in [2.45, 2.75) is 6.92 Å². The smallest absolute Gasteiger partial charge is 0.187 e. The Hall–Kier alpha value is -2.66. The summed E-state index contributed by atoms with van der Waals surface area (Å²) >= 11 is 1.53. The lowest BCUT2D eigenvalue weighted by Crippen LogP contribution is -1.93. The number of thiazole rings is 1. The lowest BCUT2D eigenvalue weighted by molar-refractivity contribution is 0.101. The van der Waals surface area contributed by atoms with Crippen molar-refractivity contribution in [2.75, 3.05) is 11.1 Å². The predicted octanol–water partition coefficient (Wildman–Crippen LogP) is 4.34. The molecule has 0 amide bonds. The molecule has 3 rings (SSSR count). The number of Topliss-reactive ketones (excluding diaryl/α,β-unsaturated/α-hetero) is 1. The zero-order valence-electron chi connectivity index (χ0n) is 12.0. The number of rotatable bonds is 4. The number of carbonyl (C=O) groups excluding carboxylic acids is 1. The molecule has 2 aromatic carbocycles. The summed E-state index contributed by atoms with van der Waals surface area (Å²) in [6.07, 6.45) is 0. The number of ketones is 1. The first-order valence-corrected chi connectivity index (χ1v) is 7.69. The van der Waals surface area contributed by atoms with Gasteiger partial charge in [0.2, 0.25) is 0 Å². The van der Waals surface area contributed by atoms with E-state index in [1.54, 1.807) is 19.1 Å². The Balaban J connectivity index is 1.78. The number of aromatic nitrogens is 1. The van der Waals surface area contributed by atoms with Crippen molar-refractivity contribution >= 4 is 33.6 Å². The molecule has 3 aromatic rings. The number of nitrogens with one attached hydrogen (secondary N) is 1. The van der Waals surface area contributed by atoms with Crippen molar-refractivity contribution < 1.29 is 4.79 Å². The molecular weight excluding hydrogens is 294 g/mol. The number of nitrogen functional groups attached to an aromatic ring is 1. The van der Waals surface area contributed by atoms with Crippen LogP contribution in [0.15, 0.2) is 53.9 Å². The van der Waals surface area contributed by atoms with Crippen LogP contribution in [0.2, 0.25) is 0 Å². The van der Waals surface area contributed by atoms with Gasteiger partial charge in [0.15, 0.2) is 10.9 Å². The summed E-state index contributed by atoms with van der Waals surface area (Å²) in [5.41, 5.74) is 10.0. The van der Waals surface area contributed by atoms with E-state index in [2.05, 4.69) is 10.3 Å². The summed E-state index contributed by atoms with van der Waals surface area (Å²) in [6, 6.07) is 15.0.